The third kappa shape index (κ3) is 6.56. The number of piperazine rings is 1. The Labute approximate surface area is 204 Å². The smallest absolute Gasteiger partial charge is 0.255 e. The summed E-state index contributed by atoms with van der Waals surface area (Å²) in [5.41, 5.74) is 2.29. The lowest BCUT2D eigenvalue weighted by atomic mass is 10.1. The molecule has 2 amide bonds. The van der Waals surface area contributed by atoms with Crippen LogP contribution in [0.25, 0.3) is 0 Å². The van der Waals surface area contributed by atoms with E-state index in [-0.39, 0.29) is 18.4 Å². The highest BCUT2D eigenvalue weighted by atomic mass is 32.2. The molecule has 9 nitrogen and oxygen atoms in total. The lowest BCUT2D eigenvalue weighted by Crippen LogP contribution is -2.47. The Hall–Kier alpha value is -3.47. The van der Waals surface area contributed by atoms with E-state index in [1.54, 1.807) is 54.8 Å². The van der Waals surface area contributed by atoms with Crippen molar-refractivity contribution in [2.45, 2.75) is 13.1 Å². The second-order valence-electron chi connectivity index (χ2n) is 8.40. The van der Waals surface area contributed by atoms with Crippen LogP contribution in [0.5, 0.6) is 0 Å². The van der Waals surface area contributed by atoms with Crippen LogP contribution in [-0.2, 0) is 23.1 Å². The van der Waals surface area contributed by atoms with Gasteiger partial charge in [-0.15, -0.1) is 0 Å². The van der Waals surface area contributed by atoms with Crippen LogP contribution in [0.3, 0.4) is 0 Å². The molecule has 1 fully saturated rings. The highest BCUT2D eigenvalue weighted by molar-refractivity contribution is 7.88. The zero-order valence-electron chi connectivity index (χ0n) is 19.4. The van der Waals surface area contributed by atoms with Crippen LogP contribution in [0.4, 0.5) is 5.69 Å². The number of hydrogen-bond acceptors (Lipinski definition) is 6. The number of carbonyl (C=O) groups is 2. The van der Waals surface area contributed by atoms with E-state index in [2.05, 4.69) is 15.5 Å². The SMILES string of the molecule is CS(=O)(=O)N1CCN(Cc2ccc(C(=O)Nc3ccccc3C(=O)NCc3ccco3)cc2)CC1. The number of anilines is 1. The zero-order valence-corrected chi connectivity index (χ0v) is 20.3. The fourth-order valence-corrected chi connectivity index (χ4v) is 4.73. The second-order valence-corrected chi connectivity index (χ2v) is 10.4. The molecule has 0 bridgehead atoms. The zero-order chi connectivity index (χ0) is 24.8. The van der Waals surface area contributed by atoms with Crippen molar-refractivity contribution in [1.82, 2.24) is 14.5 Å². The Bertz CT molecular complexity index is 1270. The van der Waals surface area contributed by atoms with Crippen molar-refractivity contribution in [2.75, 3.05) is 37.8 Å². The molecule has 0 unspecified atom stereocenters. The maximum atomic E-state index is 12.8. The number of sulfonamides is 1. The fraction of sp³-hybridized carbons (Fsp3) is 0.280. The van der Waals surface area contributed by atoms with E-state index in [0.29, 0.717) is 55.3 Å². The lowest BCUT2D eigenvalue weighted by Gasteiger charge is -2.33. The minimum absolute atomic E-state index is 0.249. The summed E-state index contributed by atoms with van der Waals surface area (Å²) in [5.74, 6) is 0.00505. The van der Waals surface area contributed by atoms with Crippen molar-refractivity contribution in [3.8, 4) is 0 Å². The Balaban J connectivity index is 1.34. The highest BCUT2D eigenvalue weighted by Gasteiger charge is 2.23. The molecular weight excluding hydrogens is 468 g/mol. The van der Waals surface area contributed by atoms with Crippen LogP contribution in [0.1, 0.15) is 32.0 Å². The highest BCUT2D eigenvalue weighted by Crippen LogP contribution is 2.18. The molecule has 1 aliphatic heterocycles. The van der Waals surface area contributed by atoms with Crippen LogP contribution in [0.2, 0.25) is 0 Å². The van der Waals surface area contributed by atoms with E-state index < -0.39 is 10.0 Å². The third-order valence-electron chi connectivity index (χ3n) is 5.85. The molecule has 3 aromatic rings. The van der Waals surface area contributed by atoms with Crippen molar-refractivity contribution in [3.63, 3.8) is 0 Å². The summed E-state index contributed by atoms with van der Waals surface area (Å²) in [5, 5.41) is 5.61. The summed E-state index contributed by atoms with van der Waals surface area (Å²) in [6, 6.07) is 17.6. The monoisotopic (exact) mass is 496 g/mol. The van der Waals surface area contributed by atoms with Gasteiger partial charge in [0.05, 0.1) is 30.3 Å². The number of amides is 2. The van der Waals surface area contributed by atoms with E-state index in [9.17, 15) is 18.0 Å². The van der Waals surface area contributed by atoms with E-state index in [0.717, 1.165) is 5.56 Å². The van der Waals surface area contributed by atoms with Gasteiger partial charge in [-0.05, 0) is 42.0 Å². The number of furan rings is 1. The van der Waals surface area contributed by atoms with E-state index >= 15 is 0 Å². The van der Waals surface area contributed by atoms with Gasteiger partial charge in [0.1, 0.15) is 5.76 Å². The minimum atomic E-state index is -3.15. The molecular formula is C25H28N4O5S. The number of hydrogen-bond donors (Lipinski definition) is 2. The first-order valence-corrected chi connectivity index (χ1v) is 13.1. The van der Waals surface area contributed by atoms with Gasteiger partial charge in [-0.1, -0.05) is 24.3 Å². The normalized spacial score (nSPS) is 15.0. The molecule has 2 heterocycles. The Morgan fingerprint density at radius 1 is 0.914 bits per heavy atom. The molecule has 0 saturated carbocycles. The van der Waals surface area contributed by atoms with Crippen molar-refractivity contribution in [2.24, 2.45) is 0 Å². The van der Waals surface area contributed by atoms with Crippen molar-refractivity contribution in [3.05, 3.63) is 89.4 Å². The van der Waals surface area contributed by atoms with Gasteiger partial charge < -0.3 is 15.1 Å². The van der Waals surface area contributed by atoms with Gasteiger partial charge in [0.15, 0.2) is 0 Å². The van der Waals surface area contributed by atoms with Gasteiger partial charge in [0.2, 0.25) is 10.0 Å². The van der Waals surface area contributed by atoms with E-state index in [4.69, 9.17) is 4.42 Å². The van der Waals surface area contributed by atoms with Gasteiger partial charge in [0.25, 0.3) is 11.8 Å². The molecule has 1 aromatic heterocycles. The first-order chi connectivity index (χ1) is 16.8. The summed E-state index contributed by atoms with van der Waals surface area (Å²) in [6.45, 7) is 3.21. The first kappa shape index (κ1) is 24.6. The number of rotatable bonds is 8. The maximum absolute atomic E-state index is 12.8. The van der Waals surface area contributed by atoms with Gasteiger partial charge >= 0.3 is 0 Å². The molecule has 184 valence electrons. The van der Waals surface area contributed by atoms with Crippen LogP contribution in [-0.4, -0.2) is 61.9 Å². The molecule has 4 rings (SSSR count). The molecule has 0 radical (unpaired) electrons. The molecule has 0 spiro atoms. The molecule has 2 N–H and O–H groups in total. The summed E-state index contributed by atoms with van der Waals surface area (Å²) in [4.78, 5) is 27.7. The topological polar surface area (TPSA) is 112 Å². The standard InChI is InChI=1S/C25H28N4O5S/c1-35(32,33)29-14-12-28(13-15-29)18-19-8-10-20(11-9-19)24(30)27-23-7-3-2-6-22(23)25(31)26-17-21-5-4-16-34-21/h2-11,16H,12-15,17-18H2,1H3,(H,26,31)(H,27,30). The minimum Gasteiger partial charge on any atom is -0.467 e. The summed E-state index contributed by atoms with van der Waals surface area (Å²) >= 11 is 0. The lowest BCUT2D eigenvalue weighted by molar-refractivity contribution is 0.0949. The number of nitrogens with one attached hydrogen (secondary N) is 2. The summed E-state index contributed by atoms with van der Waals surface area (Å²) < 4.78 is 30.1. The summed E-state index contributed by atoms with van der Waals surface area (Å²) in [6.07, 6.45) is 2.78. The van der Waals surface area contributed by atoms with E-state index in [1.165, 1.54) is 10.6 Å². The predicted octanol–water partition coefficient (Wildman–Crippen LogP) is 2.54. The average molecular weight is 497 g/mol. The molecule has 0 aliphatic carbocycles. The van der Waals surface area contributed by atoms with Crippen LogP contribution in [0, 0.1) is 0 Å². The van der Waals surface area contributed by atoms with E-state index in [1.807, 2.05) is 12.1 Å². The molecule has 35 heavy (non-hydrogen) atoms. The Morgan fingerprint density at radius 3 is 2.29 bits per heavy atom. The van der Waals surface area contributed by atoms with Gasteiger partial charge in [-0.3, -0.25) is 14.5 Å². The van der Waals surface area contributed by atoms with Gasteiger partial charge in [-0.25, -0.2) is 8.42 Å². The fourth-order valence-electron chi connectivity index (χ4n) is 3.90. The third-order valence-corrected chi connectivity index (χ3v) is 7.15. The van der Waals surface area contributed by atoms with Gasteiger partial charge in [0, 0.05) is 38.3 Å². The largest absolute Gasteiger partial charge is 0.467 e. The summed E-state index contributed by atoms with van der Waals surface area (Å²) in [7, 11) is -3.15. The van der Waals surface area contributed by atoms with Crippen molar-refractivity contribution < 1.29 is 22.4 Å². The quantitative estimate of drug-likeness (QED) is 0.496. The maximum Gasteiger partial charge on any atom is 0.255 e. The molecule has 10 heteroatoms. The molecule has 0 atom stereocenters. The Morgan fingerprint density at radius 2 is 1.63 bits per heavy atom. The number of nitrogens with zero attached hydrogens (tertiary/aromatic N) is 2. The predicted molar refractivity (Wildman–Crippen MR) is 132 cm³/mol. The van der Waals surface area contributed by atoms with Gasteiger partial charge in [-0.2, -0.15) is 4.31 Å². The number of para-hydroxylation sites is 1. The van der Waals surface area contributed by atoms with Crippen LogP contribution >= 0.6 is 0 Å². The molecule has 1 aliphatic rings. The number of carbonyl (C=O) groups excluding carboxylic acids is 2. The Kier molecular flexibility index (Phi) is 7.64. The van der Waals surface area contributed by atoms with Crippen LogP contribution in [0.15, 0.2) is 71.3 Å². The van der Waals surface area contributed by atoms with Crippen LogP contribution < -0.4 is 10.6 Å². The average Bonchev–Trinajstić information content (AvgIpc) is 3.37. The molecule has 2 aromatic carbocycles. The second kappa shape index (κ2) is 10.9. The van der Waals surface area contributed by atoms with Crippen molar-refractivity contribution in [1.29, 1.82) is 0 Å². The number of benzene rings is 2. The van der Waals surface area contributed by atoms with Crippen molar-refractivity contribution >= 4 is 27.5 Å². The molecule has 1 saturated heterocycles. The first-order valence-electron chi connectivity index (χ1n) is 11.3.